The summed E-state index contributed by atoms with van der Waals surface area (Å²) in [5, 5.41) is 14.5. The first-order valence-corrected chi connectivity index (χ1v) is 9.22. The SMILES string of the molecule is N[C@H](CC(=O)O)NC(=O)CC1CCCN(CCC2CCNCC2)C1=O. The third-order valence-corrected chi connectivity index (χ3v) is 5.08. The average molecular weight is 354 g/mol. The molecule has 0 aromatic heterocycles. The predicted molar refractivity (Wildman–Crippen MR) is 92.5 cm³/mol. The van der Waals surface area contributed by atoms with Gasteiger partial charge in [0.2, 0.25) is 11.8 Å². The summed E-state index contributed by atoms with van der Waals surface area (Å²) in [6.45, 7) is 3.64. The molecule has 0 radical (unpaired) electrons. The maximum Gasteiger partial charge on any atom is 0.306 e. The molecule has 0 bridgehead atoms. The Labute approximate surface area is 148 Å². The summed E-state index contributed by atoms with van der Waals surface area (Å²) in [5.74, 6) is -1.02. The van der Waals surface area contributed by atoms with E-state index in [9.17, 15) is 14.4 Å². The van der Waals surface area contributed by atoms with Crippen LogP contribution in [0.5, 0.6) is 0 Å². The van der Waals surface area contributed by atoms with E-state index in [1.807, 2.05) is 4.90 Å². The van der Waals surface area contributed by atoms with Crippen LogP contribution in [0.2, 0.25) is 0 Å². The Hall–Kier alpha value is -1.67. The highest BCUT2D eigenvalue weighted by Gasteiger charge is 2.31. The number of aliphatic carboxylic acids is 1. The highest BCUT2D eigenvalue weighted by atomic mass is 16.4. The van der Waals surface area contributed by atoms with Gasteiger partial charge in [-0.05, 0) is 51.1 Å². The van der Waals surface area contributed by atoms with Crippen LogP contribution in [-0.2, 0) is 14.4 Å². The van der Waals surface area contributed by atoms with Gasteiger partial charge in [-0.25, -0.2) is 0 Å². The smallest absolute Gasteiger partial charge is 0.306 e. The Morgan fingerprint density at radius 3 is 2.72 bits per heavy atom. The maximum atomic E-state index is 12.6. The molecule has 2 aliphatic rings. The molecule has 2 heterocycles. The van der Waals surface area contributed by atoms with E-state index in [4.69, 9.17) is 10.8 Å². The molecule has 0 aromatic rings. The van der Waals surface area contributed by atoms with Crippen LogP contribution < -0.4 is 16.4 Å². The molecule has 0 aliphatic carbocycles. The second kappa shape index (κ2) is 9.72. The number of carboxylic acids is 1. The molecule has 2 amide bonds. The van der Waals surface area contributed by atoms with Crippen molar-refractivity contribution in [3.05, 3.63) is 0 Å². The zero-order chi connectivity index (χ0) is 18.2. The van der Waals surface area contributed by atoms with Crippen LogP contribution in [0.4, 0.5) is 0 Å². The Morgan fingerprint density at radius 2 is 2.04 bits per heavy atom. The van der Waals surface area contributed by atoms with Gasteiger partial charge < -0.3 is 26.4 Å². The van der Waals surface area contributed by atoms with E-state index < -0.39 is 12.1 Å². The van der Waals surface area contributed by atoms with Gasteiger partial charge in [0.25, 0.3) is 0 Å². The third kappa shape index (κ3) is 6.62. The van der Waals surface area contributed by atoms with Crippen LogP contribution in [0.3, 0.4) is 0 Å². The number of carboxylic acid groups (broad SMARTS) is 1. The molecule has 2 rings (SSSR count). The lowest BCUT2D eigenvalue weighted by Crippen LogP contribution is -2.47. The van der Waals surface area contributed by atoms with Crippen LogP contribution in [0.15, 0.2) is 0 Å². The lowest BCUT2D eigenvalue weighted by molar-refractivity contribution is -0.142. The zero-order valence-corrected chi connectivity index (χ0v) is 14.7. The van der Waals surface area contributed by atoms with E-state index in [1.54, 1.807) is 0 Å². The number of piperidine rings is 2. The lowest BCUT2D eigenvalue weighted by Gasteiger charge is -2.34. The number of nitrogens with two attached hydrogens (primary N) is 1. The van der Waals surface area contributed by atoms with Crippen LogP contribution in [-0.4, -0.2) is 60.1 Å². The lowest BCUT2D eigenvalue weighted by atomic mass is 9.91. The molecule has 2 saturated heterocycles. The fourth-order valence-corrected chi connectivity index (χ4v) is 3.67. The van der Waals surface area contributed by atoms with Gasteiger partial charge in [0.15, 0.2) is 0 Å². The van der Waals surface area contributed by atoms with Crippen molar-refractivity contribution in [1.82, 2.24) is 15.5 Å². The molecule has 2 fully saturated rings. The first-order chi connectivity index (χ1) is 12.0. The van der Waals surface area contributed by atoms with Crippen molar-refractivity contribution in [1.29, 1.82) is 0 Å². The summed E-state index contributed by atoms with van der Waals surface area (Å²) in [6.07, 6.45) is 3.78. The van der Waals surface area contributed by atoms with Gasteiger partial charge in [-0.2, -0.15) is 0 Å². The van der Waals surface area contributed by atoms with E-state index in [2.05, 4.69) is 10.6 Å². The van der Waals surface area contributed by atoms with Crippen molar-refractivity contribution < 1.29 is 19.5 Å². The second-order valence-corrected chi connectivity index (χ2v) is 7.12. The molecular formula is C17H30N4O4. The molecule has 0 aromatic carbocycles. The monoisotopic (exact) mass is 354 g/mol. The molecular weight excluding hydrogens is 324 g/mol. The average Bonchev–Trinajstić information content (AvgIpc) is 2.55. The number of carbonyl (C=O) groups excluding carboxylic acids is 2. The minimum absolute atomic E-state index is 0.0436. The van der Waals surface area contributed by atoms with Gasteiger partial charge in [0, 0.05) is 25.4 Å². The van der Waals surface area contributed by atoms with Crippen molar-refractivity contribution in [2.45, 2.75) is 51.1 Å². The zero-order valence-electron chi connectivity index (χ0n) is 14.7. The van der Waals surface area contributed by atoms with Crippen LogP contribution >= 0.6 is 0 Å². The molecule has 8 nitrogen and oxygen atoms in total. The normalized spacial score (nSPS) is 23.3. The fraction of sp³-hybridized carbons (Fsp3) is 0.824. The first kappa shape index (κ1) is 19.7. The minimum atomic E-state index is -1.06. The van der Waals surface area contributed by atoms with E-state index in [0.717, 1.165) is 51.9 Å². The van der Waals surface area contributed by atoms with Crippen molar-refractivity contribution in [2.75, 3.05) is 26.2 Å². The number of likely N-dealkylation sites (tertiary alicyclic amines) is 1. The molecule has 5 N–H and O–H groups in total. The van der Waals surface area contributed by atoms with Gasteiger partial charge in [0.05, 0.1) is 12.6 Å². The highest BCUT2D eigenvalue weighted by Crippen LogP contribution is 2.23. The molecule has 2 atom stereocenters. The maximum absolute atomic E-state index is 12.6. The van der Waals surface area contributed by atoms with E-state index in [0.29, 0.717) is 12.3 Å². The number of carbonyl (C=O) groups is 3. The van der Waals surface area contributed by atoms with Gasteiger partial charge in [-0.15, -0.1) is 0 Å². The quantitative estimate of drug-likeness (QED) is 0.451. The van der Waals surface area contributed by atoms with Gasteiger partial charge in [0.1, 0.15) is 0 Å². The summed E-state index contributed by atoms with van der Waals surface area (Å²) >= 11 is 0. The van der Waals surface area contributed by atoms with Gasteiger partial charge >= 0.3 is 5.97 Å². The van der Waals surface area contributed by atoms with E-state index in [-0.39, 0.29) is 30.6 Å². The van der Waals surface area contributed by atoms with Gasteiger partial charge in [-0.3, -0.25) is 14.4 Å². The Balaban J connectivity index is 1.76. The summed E-state index contributed by atoms with van der Waals surface area (Å²) < 4.78 is 0. The minimum Gasteiger partial charge on any atom is -0.481 e. The number of rotatable bonds is 8. The summed E-state index contributed by atoms with van der Waals surface area (Å²) in [5.41, 5.74) is 5.56. The van der Waals surface area contributed by atoms with Gasteiger partial charge in [-0.1, -0.05) is 0 Å². The van der Waals surface area contributed by atoms with E-state index in [1.165, 1.54) is 0 Å². The standard InChI is InChI=1S/C17H30N4O4/c18-14(11-16(23)24)20-15(22)10-13-2-1-8-21(17(13)25)9-5-12-3-6-19-7-4-12/h12-14,19H,1-11,18H2,(H,20,22)(H,23,24)/t13?,14-/m0/s1. The summed E-state index contributed by atoms with van der Waals surface area (Å²) in [4.78, 5) is 37.1. The Morgan fingerprint density at radius 1 is 1.32 bits per heavy atom. The molecule has 25 heavy (non-hydrogen) atoms. The van der Waals surface area contributed by atoms with Crippen LogP contribution in [0, 0.1) is 11.8 Å². The second-order valence-electron chi connectivity index (χ2n) is 7.12. The molecule has 1 unspecified atom stereocenters. The number of nitrogens with zero attached hydrogens (tertiary/aromatic N) is 1. The molecule has 0 saturated carbocycles. The Kier molecular flexibility index (Phi) is 7.64. The van der Waals surface area contributed by atoms with Crippen molar-refractivity contribution in [3.63, 3.8) is 0 Å². The van der Waals surface area contributed by atoms with E-state index >= 15 is 0 Å². The van der Waals surface area contributed by atoms with Crippen molar-refractivity contribution in [3.8, 4) is 0 Å². The number of hydrogen-bond donors (Lipinski definition) is 4. The first-order valence-electron chi connectivity index (χ1n) is 9.22. The van der Waals surface area contributed by atoms with Crippen molar-refractivity contribution in [2.24, 2.45) is 17.6 Å². The molecule has 2 aliphatic heterocycles. The molecule has 0 spiro atoms. The number of nitrogens with one attached hydrogen (secondary N) is 2. The number of hydrogen-bond acceptors (Lipinski definition) is 5. The predicted octanol–water partition coefficient (Wildman–Crippen LogP) is -0.119. The molecule has 142 valence electrons. The Bertz CT molecular complexity index is 479. The topological polar surface area (TPSA) is 125 Å². The molecule has 8 heteroatoms. The third-order valence-electron chi connectivity index (χ3n) is 5.08. The summed E-state index contributed by atoms with van der Waals surface area (Å²) in [7, 11) is 0. The fourth-order valence-electron chi connectivity index (χ4n) is 3.67. The van der Waals surface area contributed by atoms with Crippen molar-refractivity contribution >= 4 is 17.8 Å². The largest absolute Gasteiger partial charge is 0.481 e. The summed E-state index contributed by atoms with van der Waals surface area (Å²) in [6, 6.07) is 0. The van der Waals surface area contributed by atoms with Crippen LogP contribution in [0.1, 0.15) is 44.9 Å². The number of amides is 2. The highest BCUT2D eigenvalue weighted by molar-refractivity contribution is 5.86. The van der Waals surface area contributed by atoms with Crippen LogP contribution in [0.25, 0.3) is 0 Å².